The Bertz CT molecular complexity index is 1160. The monoisotopic (exact) mass is 471 g/mol. The first-order valence-electron chi connectivity index (χ1n) is 11.4. The summed E-state index contributed by atoms with van der Waals surface area (Å²) in [5, 5.41) is 13.4. The topological polar surface area (TPSA) is 99.8 Å². The highest BCUT2D eigenvalue weighted by molar-refractivity contribution is 7.92. The Morgan fingerprint density at radius 1 is 1.15 bits per heavy atom. The van der Waals surface area contributed by atoms with Crippen LogP contribution in [0.1, 0.15) is 51.0 Å². The summed E-state index contributed by atoms with van der Waals surface area (Å²) in [6, 6.07) is 11.4. The highest BCUT2D eigenvalue weighted by Gasteiger charge is 2.20. The van der Waals surface area contributed by atoms with Gasteiger partial charge in [-0.3, -0.25) is 9.82 Å². The maximum Gasteiger partial charge on any atom is 0.262 e. The lowest BCUT2D eigenvalue weighted by Gasteiger charge is -2.25. The van der Waals surface area contributed by atoms with E-state index in [9.17, 15) is 12.8 Å². The lowest BCUT2D eigenvalue weighted by atomic mass is 9.85. The van der Waals surface area contributed by atoms with Gasteiger partial charge in [-0.05, 0) is 49.1 Å². The highest BCUT2D eigenvalue weighted by atomic mass is 32.2. The van der Waals surface area contributed by atoms with Crippen LogP contribution < -0.4 is 10.0 Å². The fraction of sp³-hybridized carbons (Fsp3) is 0.417. The SMILES string of the molecule is CC(CC1CCCCC1)NCc1ccccc1NS(=O)(=O)c1ccc(-c2c[nH]nn2)c(F)c1. The summed E-state index contributed by atoms with van der Waals surface area (Å²) in [5.41, 5.74) is 1.81. The molecule has 1 heterocycles. The van der Waals surface area contributed by atoms with E-state index in [4.69, 9.17) is 0 Å². The van der Waals surface area contributed by atoms with Crippen molar-refractivity contribution in [3.05, 3.63) is 60.0 Å². The van der Waals surface area contributed by atoms with Gasteiger partial charge in [-0.15, -0.1) is 5.10 Å². The highest BCUT2D eigenvalue weighted by Crippen LogP contribution is 2.28. The zero-order valence-electron chi connectivity index (χ0n) is 18.7. The van der Waals surface area contributed by atoms with Crippen LogP contribution >= 0.6 is 0 Å². The molecule has 1 saturated carbocycles. The van der Waals surface area contributed by atoms with Crippen LogP contribution in [0.3, 0.4) is 0 Å². The van der Waals surface area contributed by atoms with Gasteiger partial charge in [0.25, 0.3) is 10.0 Å². The Kier molecular flexibility index (Phi) is 7.39. The predicted molar refractivity (Wildman–Crippen MR) is 127 cm³/mol. The van der Waals surface area contributed by atoms with Crippen molar-refractivity contribution in [2.45, 2.75) is 62.9 Å². The van der Waals surface area contributed by atoms with E-state index in [0.717, 1.165) is 24.0 Å². The number of nitrogens with zero attached hydrogens (tertiary/aromatic N) is 2. The number of rotatable bonds is 9. The number of benzene rings is 2. The molecule has 0 radical (unpaired) electrons. The first kappa shape index (κ1) is 23.4. The number of hydrogen-bond donors (Lipinski definition) is 3. The van der Waals surface area contributed by atoms with Crippen molar-refractivity contribution in [2.75, 3.05) is 4.72 Å². The number of H-pyrrole nitrogens is 1. The number of sulfonamides is 1. The molecular weight excluding hydrogens is 441 g/mol. The molecular formula is C24H30FN5O2S. The van der Waals surface area contributed by atoms with Crippen molar-refractivity contribution in [3.63, 3.8) is 0 Å². The molecule has 0 bridgehead atoms. The standard InChI is InChI=1S/C24H30FN5O2S/c1-17(13-18-7-3-2-4-8-18)26-15-19-9-5-6-10-23(19)29-33(31,32)20-11-12-21(22(25)14-20)24-16-27-30-28-24/h5-6,9-12,14,16-18,26,29H,2-4,7-8,13,15H2,1H3,(H,27,28,30). The fourth-order valence-corrected chi connectivity index (χ4v) is 5.58. The van der Waals surface area contributed by atoms with E-state index in [1.54, 1.807) is 12.1 Å². The second-order valence-corrected chi connectivity index (χ2v) is 10.5. The summed E-state index contributed by atoms with van der Waals surface area (Å²) >= 11 is 0. The maximum atomic E-state index is 14.6. The van der Waals surface area contributed by atoms with Gasteiger partial charge in [0, 0.05) is 18.2 Å². The molecule has 3 aromatic rings. The second-order valence-electron chi connectivity index (χ2n) is 8.78. The molecule has 1 aromatic heterocycles. The minimum atomic E-state index is -3.97. The number of aromatic nitrogens is 3. The van der Waals surface area contributed by atoms with E-state index in [-0.39, 0.29) is 10.5 Å². The Morgan fingerprint density at radius 2 is 1.94 bits per heavy atom. The molecule has 1 aliphatic rings. The average molecular weight is 472 g/mol. The van der Waals surface area contributed by atoms with Crippen LogP contribution in [0.25, 0.3) is 11.3 Å². The fourth-order valence-electron chi connectivity index (χ4n) is 4.47. The van der Waals surface area contributed by atoms with E-state index >= 15 is 0 Å². The molecule has 33 heavy (non-hydrogen) atoms. The number of halogens is 1. The van der Waals surface area contributed by atoms with Gasteiger partial charge in [-0.25, -0.2) is 12.8 Å². The predicted octanol–water partition coefficient (Wildman–Crippen LogP) is 4.86. The molecule has 1 fully saturated rings. The molecule has 1 aliphatic carbocycles. The van der Waals surface area contributed by atoms with E-state index in [1.165, 1.54) is 50.4 Å². The smallest absolute Gasteiger partial charge is 0.262 e. The van der Waals surface area contributed by atoms with Crippen LogP contribution in [0.4, 0.5) is 10.1 Å². The second kappa shape index (κ2) is 10.4. The molecule has 7 nitrogen and oxygen atoms in total. The quantitative estimate of drug-likeness (QED) is 0.414. The van der Waals surface area contributed by atoms with Gasteiger partial charge in [-0.1, -0.05) is 55.5 Å². The molecule has 9 heteroatoms. The molecule has 2 aromatic carbocycles. The first-order valence-corrected chi connectivity index (χ1v) is 12.9. The van der Waals surface area contributed by atoms with Crippen LogP contribution in [0.5, 0.6) is 0 Å². The largest absolute Gasteiger partial charge is 0.310 e. The Labute approximate surface area is 194 Å². The summed E-state index contributed by atoms with van der Waals surface area (Å²) in [7, 11) is -3.97. The van der Waals surface area contributed by atoms with E-state index in [2.05, 4.69) is 32.4 Å². The Hall–Kier alpha value is -2.78. The van der Waals surface area contributed by atoms with E-state index in [0.29, 0.717) is 24.0 Å². The molecule has 0 aliphatic heterocycles. The van der Waals surface area contributed by atoms with Gasteiger partial charge >= 0.3 is 0 Å². The number of hydrogen-bond acceptors (Lipinski definition) is 5. The number of anilines is 1. The van der Waals surface area contributed by atoms with Crippen molar-refractivity contribution in [2.24, 2.45) is 5.92 Å². The van der Waals surface area contributed by atoms with Crippen molar-refractivity contribution in [3.8, 4) is 11.3 Å². The number of para-hydroxylation sites is 1. The molecule has 3 N–H and O–H groups in total. The molecule has 0 saturated heterocycles. The van der Waals surface area contributed by atoms with Gasteiger partial charge < -0.3 is 5.32 Å². The van der Waals surface area contributed by atoms with Gasteiger partial charge in [-0.2, -0.15) is 0 Å². The summed E-state index contributed by atoms with van der Waals surface area (Å²) in [4.78, 5) is -0.152. The Morgan fingerprint density at radius 3 is 2.67 bits per heavy atom. The summed E-state index contributed by atoms with van der Waals surface area (Å²) < 4.78 is 43.1. The van der Waals surface area contributed by atoms with Crippen LogP contribution in [0.15, 0.2) is 53.6 Å². The first-order chi connectivity index (χ1) is 15.9. The van der Waals surface area contributed by atoms with Gasteiger partial charge in [0.2, 0.25) is 0 Å². The zero-order valence-corrected chi connectivity index (χ0v) is 19.5. The Balaban J connectivity index is 1.43. The van der Waals surface area contributed by atoms with Gasteiger partial charge in [0.15, 0.2) is 0 Å². The number of aromatic amines is 1. The van der Waals surface area contributed by atoms with Crippen LogP contribution in [-0.4, -0.2) is 29.9 Å². The normalized spacial score (nSPS) is 15.9. The minimum Gasteiger partial charge on any atom is -0.310 e. The van der Waals surface area contributed by atoms with Crippen molar-refractivity contribution in [1.29, 1.82) is 0 Å². The summed E-state index contributed by atoms with van der Waals surface area (Å²) in [5.74, 6) is 0.0865. The minimum absolute atomic E-state index is 0.152. The third-order valence-electron chi connectivity index (χ3n) is 6.26. The van der Waals surface area contributed by atoms with Crippen LogP contribution in [0, 0.1) is 11.7 Å². The summed E-state index contributed by atoms with van der Waals surface area (Å²) in [6.07, 6.45) is 9.17. The van der Waals surface area contributed by atoms with Crippen LogP contribution in [0.2, 0.25) is 0 Å². The molecule has 1 unspecified atom stereocenters. The lowest BCUT2D eigenvalue weighted by molar-refractivity contribution is 0.305. The molecule has 4 rings (SSSR count). The lowest BCUT2D eigenvalue weighted by Crippen LogP contribution is -2.29. The van der Waals surface area contributed by atoms with Crippen molar-refractivity contribution in [1.82, 2.24) is 20.7 Å². The van der Waals surface area contributed by atoms with Gasteiger partial charge in [0.05, 0.1) is 16.8 Å². The molecule has 0 amide bonds. The molecule has 0 spiro atoms. The van der Waals surface area contributed by atoms with Crippen molar-refractivity contribution >= 4 is 15.7 Å². The average Bonchev–Trinajstić information content (AvgIpc) is 3.33. The van der Waals surface area contributed by atoms with E-state index < -0.39 is 15.8 Å². The van der Waals surface area contributed by atoms with Gasteiger partial charge in [0.1, 0.15) is 11.5 Å². The van der Waals surface area contributed by atoms with Crippen LogP contribution in [-0.2, 0) is 16.6 Å². The third kappa shape index (κ3) is 5.97. The number of nitrogens with one attached hydrogen (secondary N) is 3. The van der Waals surface area contributed by atoms with E-state index in [1.807, 2.05) is 12.1 Å². The third-order valence-corrected chi connectivity index (χ3v) is 7.62. The molecule has 1 atom stereocenters. The maximum absolute atomic E-state index is 14.6. The molecule has 176 valence electrons. The zero-order chi connectivity index (χ0) is 23.3. The van der Waals surface area contributed by atoms with Crippen molar-refractivity contribution < 1.29 is 12.8 Å². The summed E-state index contributed by atoms with van der Waals surface area (Å²) in [6.45, 7) is 2.73.